The number of amides is 2. The third-order valence-corrected chi connectivity index (χ3v) is 4.84. The summed E-state index contributed by atoms with van der Waals surface area (Å²) in [6.07, 6.45) is 0.864. The van der Waals surface area contributed by atoms with Gasteiger partial charge in [0.15, 0.2) is 11.6 Å². The minimum Gasteiger partial charge on any atom is -0.508 e. The van der Waals surface area contributed by atoms with Crippen LogP contribution in [0, 0.1) is 17.6 Å². The van der Waals surface area contributed by atoms with Gasteiger partial charge in [-0.05, 0) is 30.5 Å². The zero-order valence-electron chi connectivity index (χ0n) is 15.2. The van der Waals surface area contributed by atoms with Gasteiger partial charge in [0.2, 0.25) is 0 Å². The van der Waals surface area contributed by atoms with Crippen molar-refractivity contribution in [3.05, 3.63) is 59.7 Å². The first-order valence-corrected chi connectivity index (χ1v) is 8.90. The van der Waals surface area contributed by atoms with Crippen LogP contribution in [0.5, 0.6) is 5.75 Å². The summed E-state index contributed by atoms with van der Waals surface area (Å²) in [5, 5.41) is 12.7. The Hall–Kier alpha value is -2.83. The molecule has 0 radical (unpaired) electrons. The Kier molecular flexibility index (Phi) is 5.78. The highest BCUT2D eigenvalue weighted by Crippen LogP contribution is 2.25. The largest absolute Gasteiger partial charge is 0.508 e. The predicted molar refractivity (Wildman–Crippen MR) is 99.7 cm³/mol. The summed E-state index contributed by atoms with van der Waals surface area (Å²) in [5.74, 6) is -1.31. The van der Waals surface area contributed by atoms with Gasteiger partial charge in [-0.3, -0.25) is 0 Å². The number of hydrogen-bond donors (Lipinski definition) is 2. The topological polar surface area (TPSA) is 55.8 Å². The fourth-order valence-electron chi connectivity index (χ4n) is 3.25. The quantitative estimate of drug-likeness (QED) is 0.843. The van der Waals surface area contributed by atoms with Gasteiger partial charge in [0.05, 0.1) is 6.54 Å². The van der Waals surface area contributed by atoms with Gasteiger partial charge >= 0.3 is 6.03 Å². The van der Waals surface area contributed by atoms with Crippen molar-refractivity contribution < 1.29 is 18.7 Å². The second-order valence-electron chi connectivity index (χ2n) is 6.87. The van der Waals surface area contributed by atoms with E-state index in [9.17, 15) is 18.7 Å². The van der Waals surface area contributed by atoms with Crippen molar-refractivity contribution in [1.29, 1.82) is 0 Å². The fraction of sp³-hybridized carbons (Fsp3) is 0.350. The smallest absolute Gasteiger partial charge is 0.317 e. The number of carbonyl (C=O) groups is 1. The highest BCUT2D eigenvalue weighted by molar-refractivity contribution is 5.74. The van der Waals surface area contributed by atoms with Crippen molar-refractivity contribution in [2.75, 3.05) is 31.6 Å². The number of para-hydroxylation sites is 1. The van der Waals surface area contributed by atoms with Crippen molar-refractivity contribution in [2.45, 2.75) is 13.0 Å². The van der Waals surface area contributed by atoms with Gasteiger partial charge in [0, 0.05) is 44.0 Å². The minimum absolute atomic E-state index is 0.162. The van der Waals surface area contributed by atoms with Crippen LogP contribution in [0.3, 0.4) is 0 Å². The minimum atomic E-state index is -0.853. The fourth-order valence-corrected chi connectivity index (χ4v) is 3.25. The Labute approximate surface area is 157 Å². The maximum Gasteiger partial charge on any atom is 0.317 e. The van der Waals surface area contributed by atoms with Crippen molar-refractivity contribution >= 4 is 11.7 Å². The number of carbonyl (C=O) groups excluding carboxylic acids is 1. The summed E-state index contributed by atoms with van der Waals surface area (Å²) in [4.78, 5) is 15.8. The van der Waals surface area contributed by atoms with E-state index in [-0.39, 0.29) is 17.7 Å². The number of nitrogens with one attached hydrogen (secondary N) is 1. The van der Waals surface area contributed by atoms with Gasteiger partial charge in [-0.15, -0.1) is 0 Å². The molecule has 1 aliphatic heterocycles. The molecule has 1 atom stereocenters. The van der Waals surface area contributed by atoms with Crippen LogP contribution < -0.4 is 10.2 Å². The molecule has 5 nitrogen and oxygen atoms in total. The van der Waals surface area contributed by atoms with Gasteiger partial charge in [-0.25, -0.2) is 13.6 Å². The van der Waals surface area contributed by atoms with E-state index < -0.39 is 11.6 Å². The Balaban J connectivity index is 1.48. The molecule has 2 N–H and O–H groups in total. The predicted octanol–water partition coefficient (Wildman–Crippen LogP) is 3.34. The van der Waals surface area contributed by atoms with E-state index in [4.69, 9.17) is 0 Å². The Morgan fingerprint density at radius 2 is 2.04 bits per heavy atom. The summed E-state index contributed by atoms with van der Waals surface area (Å²) in [5.41, 5.74) is 1.33. The molecule has 144 valence electrons. The SMILES string of the molecule is CN(Cc1ccccc1O)C(=O)NC[C@H]1CCN(c2ccc(F)c(F)c2)C1. The number of phenolic OH excluding ortho intramolecular Hbond substituents is 1. The van der Waals surface area contributed by atoms with Gasteiger partial charge in [-0.2, -0.15) is 0 Å². The van der Waals surface area contributed by atoms with Crippen LogP contribution in [-0.4, -0.2) is 42.7 Å². The highest BCUT2D eigenvalue weighted by atomic mass is 19.2. The molecule has 0 aromatic heterocycles. The maximum absolute atomic E-state index is 13.4. The monoisotopic (exact) mass is 375 g/mol. The van der Waals surface area contributed by atoms with E-state index in [1.165, 1.54) is 11.0 Å². The lowest BCUT2D eigenvalue weighted by Crippen LogP contribution is -2.39. The van der Waals surface area contributed by atoms with Crippen LogP contribution in [0.25, 0.3) is 0 Å². The maximum atomic E-state index is 13.4. The number of anilines is 1. The zero-order chi connectivity index (χ0) is 19.4. The molecule has 1 aliphatic rings. The molecule has 3 rings (SSSR count). The lowest BCUT2D eigenvalue weighted by atomic mass is 10.1. The van der Waals surface area contributed by atoms with Gasteiger partial charge in [0.1, 0.15) is 5.75 Å². The van der Waals surface area contributed by atoms with Crippen molar-refractivity contribution in [1.82, 2.24) is 10.2 Å². The van der Waals surface area contributed by atoms with Crippen molar-refractivity contribution in [3.8, 4) is 5.75 Å². The van der Waals surface area contributed by atoms with Crippen LogP contribution in [-0.2, 0) is 6.54 Å². The molecule has 0 unspecified atom stereocenters. The number of benzene rings is 2. The first-order valence-electron chi connectivity index (χ1n) is 8.90. The van der Waals surface area contributed by atoms with E-state index in [1.807, 2.05) is 11.0 Å². The number of nitrogens with zero attached hydrogens (tertiary/aromatic N) is 2. The van der Waals surface area contributed by atoms with E-state index in [0.29, 0.717) is 30.9 Å². The van der Waals surface area contributed by atoms with Gasteiger partial charge in [0.25, 0.3) is 0 Å². The molecule has 27 heavy (non-hydrogen) atoms. The molecule has 7 heteroatoms. The van der Waals surface area contributed by atoms with Gasteiger partial charge < -0.3 is 20.2 Å². The molecule has 2 aromatic carbocycles. The summed E-state index contributed by atoms with van der Waals surface area (Å²) in [6.45, 7) is 2.22. The van der Waals surface area contributed by atoms with Crippen LogP contribution in [0.4, 0.5) is 19.3 Å². The molecular formula is C20H23F2N3O2. The average molecular weight is 375 g/mol. The Morgan fingerprint density at radius 3 is 2.78 bits per heavy atom. The molecule has 2 amide bonds. The standard InChI is InChI=1S/C20H23F2N3O2/c1-24(13-15-4-2-3-5-19(15)26)20(27)23-11-14-8-9-25(12-14)16-6-7-17(21)18(22)10-16/h2-7,10,14,26H,8-9,11-13H2,1H3,(H,23,27)/t14-/m1/s1. The number of halogens is 2. The molecule has 0 bridgehead atoms. The molecule has 0 aliphatic carbocycles. The molecule has 1 saturated heterocycles. The Bertz CT molecular complexity index is 816. The van der Waals surface area contributed by atoms with Gasteiger partial charge in [-0.1, -0.05) is 18.2 Å². The lowest BCUT2D eigenvalue weighted by molar-refractivity contribution is 0.205. The highest BCUT2D eigenvalue weighted by Gasteiger charge is 2.24. The molecule has 0 spiro atoms. The molecular weight excluding hydrogens is 352 g/mol. The molecule has 0 saturated carbocycles. The van der Waals surface area contributed by atoms with Crippen LogP contribution in [0.1, 0.15) is 12.0 Å². The third kappa shape index (κ3) is 4.67. The van der Waals surface area contributed by atoms with E-state index in [0.717, 1.165) is 19.0 Å². The van der Waals surface area contributed by atoms with Crippen molar-refractivity contribution in [3.63, 3.8) is 0 Å². The number of aromatic hydroxyl groups is 1. The summed E-state index contributed by atoms with van der Waals surface area (Å²) in [7, 11) is 1.67. The average Bonchev–Trinajstić information content (AvgIpc) is 3.13. The summed E-state index contributed by atoms with van der Waals surface area (Å²) in [6, 6.07) is 10.6. The number of rotatable bonds is 5. The first-order chi connectivity index (χ1) is 12.9. The summed E-state index contributed by atoms with van der Waals surface area (Å²) >= 11 is 0. The van der Waals surface area contributed by atoms with Crippen LogP contribution >= 0.6 is 0 Å². The first kappa shape index (κ1) is 18.9. The lowest BCUT2D eigenvalue weighted by Gasteiger charge is -2.21. The van der Waals surface area contributed by atoms with Crippen LogP contribution in [0.15, 0.2) is 42.5 Å². The Morgan fingerprint density at radius 1 is 1.26 bits per heavy atom. The molecule has 2 aromatic rings. The number of urea groups is 1. The second kappa shape index (κ2) is 8.24. The number of hydrogen-bond acceptors (Lipinski definition) is 3. The zero-order valence-corrected chi connectivity index (χ0v) is 15.2. The van der Waals surface area contributed by atoms with E-state index in [2.05, 4.69) is 5.32 Å². The second-order valence-corrected chi connectivity index (χ2v) is 6.87. The van der Waals surface area contributed by atoms with E-state index in [1.54, 1.807) is 31.3 Å². The van der Waals surface area contributed by atoms with Crippen LogP contribution in [0.2, 0.25) is 0 Å². The number of phenols is 1. The van der Waals surface area contributed by atoms with Crippen molar-refractivity contribution in [2.24, 2.45) is 5.92 Å². The molecule has 1 fully saturated rings. The normalized spacial score (nSPS) is 16.4. The third-order valence-electron chi connectivity index (χ3n) is 4.84. The summed E-state index contributed by atoms with van der Waals surface area (Å²) < 4.78 is 26.5. The van der Waals surface area contributed by atoms with E-state index >= 15 is 0 Å². The molecule has 1 heterocycles.